The SMILES string of the molecule is CC(N)CNc1nncs1. The lowest BCUT2D eigenvalue weighted by atomic mass is 10.4. The van der Waals surface area contributed by atoms with Gasteiger partial charge in [0.05, 0.1) is 0 Å². The summed E-state index contributed by atoms with van der Waals surface area (Å²) in [5, 5.41) is 11.3. The number of nitrogens with two attached hydrogens (primary N) is 1. The maximum Gasteiger partial charge on any atom is 0.205 e. The van der Waals surface area contributed by atoms with Crippen molar-refractivity contribution >= 4 is 16.5 Å². The summed E-state index contributed by atoms with van der Waals surface area (Å²) in [5.74, 6) is 0. The fourth-order valence-corrected chi connectivity index (χ4v) is 0.953. The molecule has 1 atom stereocenters. The molecule has 0 radical (unpaired) electrons. The van der Waals surface area contributed by atoms with Crippen LogP contribution in [-0.2, 0) is 0 Å². The van der Waals surface area contributed by atoms with Crippen molar-refractivity contribution < 1.29 is 0 Å². The molecule has 0 saturated heterocycles. The molecule has 3 N–H and O–H groups in total. The molecule has 1 rings (SSSR count). The van der Waals surface area contributed by atoms with Crippen LogP contribution in [0.1, 0.15) is 6.92 Å². The fraction of sp³-hybridized carbons (Fsp3) is 0.600. The first kappa shape index (κ1) is 7.43. The second kappa shape index (κ2) is 3.48. The first-order chi connectivity index (χ1) is 4.79. The summed E-state index contributed by atoms with van der Waals surface area (Å²) in [4.78, 5) is 0. The van der Waals surface area contributed by atoms with Crippen LogP contribution in [0.15, 0.2) is 5.51 Å². The molecule has 0 amide bonds. The van der Waals surface area contributed by atoms with Crippen LogP contribution >= 0.6 is 11.3 Å². The molecule has 0 aromatic carbocycles. The Morgan fingerprint density at radius 2 is 2.70 bits per heavy atom. The first-order valence-electron chi connectivity index (χ1n) is 3.04. The Balaban J connectivity index is 2.28. The number of hydrogen-bond acceptors (Lipinski definition) is 5. The fourth-order valence-electron chi connectivity index (χ4n) is 0.498. The van der Waals surface area contributed by atoms with Crippen LogP contribution in [0.5, 0.6) is 0 Å². The molecular formula is C5H10N4S. The van der Waals surface area contributed by atoms with Crippen LogP contribution < -0.4 is 11.1 Å². The molecule has 1 heterocycles. The number of anilines is 1. The van der Waals surface area contributed by atoms with Crippen LogP contribution in [0, 0.1) is 0 Å². The molecule has 0 aliphatic carbocycles. The molecule has 1 aromatic rings. The van der Waals surface area contributed by atoms with Gasteiger partial charge in [-0.05, 0) is 6.92 Å². The molecule has 0 aliphatic heterocycles. The number of nitrogens with one attached hydrogen (secondary N) is 1. The third kappa shape index (κ3) is 2.28. The van der Waals surface area contributed by atoms with Gasteiger partial charge in [0, 0.05) is 12.6 Å². The Morgan fingerprint density at radius 3 is 3.20 bits per heavy atom. The molecule has 0 bridgehead atoms. The molecule has 0 fully saturated rings. The van der Waals surface area contributed by atoms with E-state index in [1.54, 1.807) is 5.51 Å². The standard InChI is InChI=1S/C5H10N4S/c1-4(6)2-7-5-9-8-3-10-5/h3-4H,2,6H2,1H3,(H,7,9). The predicted octanol–water partition coefficient (Wildman–Crippen LogP) is 0.297. The Kier molecular flexibility index (Phi) is 2.58. The average Bonchev–Trinajstić information content (AvgIpc) is 2.34. The van der Waals surface area contributed by atoms with Gasteiger partial charge in [-0.3, -0.25) is 0 Å². The maximum atomic E-state index is 5.50. The molecule has 56 valence electrons. The average molecular weight is 158 g/mol. The summed E-state index contributed by atoms with van der Waals surface area (Å²) in [7, 11) is 0. The lowest BCUT2D eigenvalue weighted by molar-refractivity contribution is 0.778. The summed E-state index contributed by atoms with van der Waals surface area (Å²) < 4.78 is 0. The summed E-state index contributed by atoms with van der Waals surface area (Å²) in [5.41, 5.74) is 7.19. The zero-order valence-corrected chi connectivity index (χ0v) is 6.56. The van der Waals surface area contributed by atoms with E-state index in [4.69, 9.17) is 5.73 Å². The second-order valence-corrected chi connectivity index (χ2v) is 2.94. The van der Waals surface area contributed by atoms with E-state index in [1.807, 2.05) is 6.92 Å². The molecule has 0 aliphatic rings. The van der Waals surface area contributed by atoms with Gasteiger partial charge >= 0.3 is 0 Å². The van der Waals surface area contributed by atoms with Gasteiger partial charge in [-0.1, -0.05) is 11.3 Å². The van der Waals surface area contributed by atoms with Gasteiger partial charge in [-0.25, -0.2) is 0 Å². The van der Waals surface area contributed by atoms with Gasteiger partial charge in [0.1, 0.15) is 5.51 Å². The van der Waals surface area contributed by atoms with Crippen LogP contribution in [0.2, 0.25) is 0 Å². The minimum absolute atomic E-state index is 0.156. The smallest absolute Gasteiger partial charge is 0.205 e. The predicted molar refractivity (Wildman–Crippen MR) is 42.0 cm³/mol. The highest BCUT2D eigenvalue weighted by atomic mass is 32.1. The van der Waals surface area contributed by atoms with Gasteiger partial charge in [-0.2, -0.15) is 0 Å². The largest absolute Gasteiger partial charge is 0.359 e. The monoisotopic (exact) mass is 158 g/mol. The summed E-state index contributed by atoms with van der Waals surface area (Å²) in [6, 6.07) is 0.156. The van der Waals surface area contributed by atoms with Crippen molar-refractivity contribution in [3.05, 3.63) is 5.51 Å². The minimum atomic E-state index is 0.156. The topological polar surface area (TPSA) is 63.8 Å². The Hall–Kier alpha value is -0.680. The van der Waals surface area contributed by atoms with E-state index in [9.17, 15) is 0 Å². The first-order valence-corrected chi connectivity index (χ1v) is 3.92. The van der Waals surface area contributed by atoms with E-state index in [2.05, 4.69) is 15.5 Å². The molecular weight excluding hydrogens is 148 g/mol. The molecule has 4 nitrogen and oxygen atoms in total. The summed E-state index contributed by atoms with van der Waals surface area (Å²) >= 11 is 1.48. The quantitative estimate of drug-likeness (QED) is 0.664. The zero-order valence-electron chi connectivity index (χ0n) is 5.74. The lowest BCUT2D eigenvalue weighted by Crippen LogP contribution is -2.25. The van der Waals surface area contributed by atoms with Crippen molar-refractivity contribution in [2.75, 3.05) is 11.9 Å². The molecule has 1 aromatic heterocycles. The van der Waals surface area contributed by atoms with Gasteiger partial charge in [0.2, 0.25) is 5.13 Å². The van der Waals surface area contributed by atoms with Crippen LogP contribution in [-0.4, -0.2) is 22.8 Å². The van der Waals surface area contributed by atoms with E-state index in [0.29, 0.717) is 0 Å². The van der Waals surface area contributed by atoms with Crippen molar-refractivity contribution in [2.45, 2.75) is 13.0 Å². The highest BCUT2D eigenvalue weighted by Gasteiger charge is 1.95. The van der Waals surface area contributed by atoms with Gasteiger partial charge in [0.15, 0.2) is 0 Å². The van der Waals surface area contributed by atoms with Gasteiger partial charge < -0.3 is 11.1 Å². The van der Waals surface area contributed by atoms with E-state index in [-0.39, 0.29) is 6.04 Å². The molecule has 0 spiro atoms. The molecule has 10 heavy (non-hydrogen) atoms. The summed E-state index contributed by atoms with van der Waals surface area (Å²) in [6.07, 6.45) is 0. The van der Waals surface area contributed by atoms with Gasteiger partial charge in [-0.15, -0.1) is 10.2 Å². The van der Waals surface area contributed by atoms with E-state index in [1.165, 1.54) is 11.3 Å². The Morgan fingerprint density at radius 1 is 1.90 bits per heavy atom. The highest BCUT2D eigenvalue weighted by Crippen LogP contribution is 2.06. The molecule has 5 heteroatoms. The third-order valence-electron chi connectivity index (χ3n) is 0.935. The van der Waals surface area contributed by atoms with E-state index < -0.39 is 0 Å². The van der Waals surface area contributed by atoms with Crippen molar-refractivity contribution in [3.63, 3.8) is 0 Å². The number of rotatable bonds is 3. The Labute approximate surface area is 63.5 Å². The molecule has 1 unspecified atom stereocenters. The molecule has 0 saturated carbocycles. The second-order valence-electron chi connectivity index (χ2n) is 2.10. The van der Waals surface area contributed by atoms with Crippen LogP contribution in [0.4, 0.5) is 5.13 Å². The Bertz CT molecular complexity index is 172. The van der Waals surface area contributed by atoms with Crippen LogP contribution in [0.3, 0.4) is 0 Å². The minimum Gasteiger partial charge on any atom is -0.359 e. The van der Waals surface area contributed by atoms with E-state index >= 15 is 0 Å². The van der Waals surface area contributed by atoms with Crippen molar-refractivity contribution in [1.82, 2.24) is 10.2 Å². The normalized spacial score (nSPS) is 13.0. The highest BCUT2D eigenvalue weighted by molar-refractivity contribution is 7.13. The number of hydrogen-bond donors (Lipinski definition) is 2. The van der Waals surface area contributed by atoms with Gasteiger partial charge in [0.25, 0.3) is 0 Å². The van der Waals surface area contributed by atoms with Crippen molar-refractivity contribution in [2.24, 2.45) is 5.73 Å². The van der Waals surface area contributed by atoms with Crippen molar-refractivity contribution in [3.8, 4) is 0 Å². The van der Waals surface area contributed by atoms with E-state index in [0.717, 1.165) is 11.7 Å². The third-order valence-corrected chi connectivity index (χ3v) is 1.58. The maximum absolute atomic E-state index is 5.50. The number of aromatic nitrogens is 2. The van der Waals surface area contributed by atoms with Crippen molar-refractivity contribution in [1.29, 1.82) is 0 Å². The van der Waals surface area contributed by atoms with Crippen LogP contribution in [0.25, 0.3) is 0 Å². The summed E-state index contributed by atoms with van der Waals surface area (Å²) in [6.45, 7) is 2.68. The lowest BCUT2D eigenvalue weighted by Gasteiger charge is -2.03. The zero-order chi connectivity index (χ0) is 7.40. The number of nitrogens with zero attached hydrogens (tertiary/aromatic N) is 2.